The van der Waals surface area contributed by atoms with E-state index in [4.69, 9.17) is 23.2 Å². The Kier molecular flexibility index (Phi) is 4.83. The van der Waals surface area contributed by atoms with Gasteiger partial charge in [0.15, 0.2) is 0 Å². The number of nitrogens with one attached hydrogen (secondary N) is 1. The molecule has 0 saturated heterocycles. The van der Waals surface area contributed by atoms with Gasteiger partial charge >= 0.3 is 0 Å². The second kappa shape index (κ2) is 7.27. The molecular formula is C20H13Cl2N3OS. The number of amides is 1. The molecule has 1 N–H and O–H groups in total. The van der Waals surface area contributed by atoms with Gasteiger partial charge in [-0.15, -0.1) is 11.3 Å². The largest absolute Gasteiger partial charge is 0.283 e. The minimum absolute atomic E-state index is 0.325. The van der Waals surface area contributed by atoms with Crippen molar-refractivity contribution in [1.29, 1.82) is 0 Å². The van der Waals surface area contributed by atoms with E-state index < -0.39 is 0 Å². The van der Waals surface area contributed by atoms with Crippen molar-refractivity contribution in [2.75, 3.05) is 0 Å². The fraction of sp³-hybridized carbons (Fsp3) is 0.0500. The predicted octanol–water partition coefficient (Wildman–Crippen LogP) is 5.83. The maximum absolute atomic E-state index is 12.4. The number of carbonyl (C=O) groups excluding carboxylic acids is 1. The van der Waals surface area contributed by atoms with Crippen LogP contribution in [0.2, 0.25) is 10.2 Å². The molecule has 0 fully saturated rings. The lowest BCUT2D eigenvalue weighted by Crippen LogP contribution is -2.16. The summed E-state index contributed by atoms with van der Waals surface area (Å²) < 4.78 is 0.952. The van der Waals surface area contributed by atoms with E-state index in [-0.39, 0.29) is 5.91 Å². The van der Waals surface area contributed by atoms with E-state index in [1.807, 2.05) is 55.5 Å². The van der Waals surface area contributed by atoms with Crippen LogP contribution >= 0.6 is 34.5 Å². The molecule has 0 atom stereocenters. The standard InChI is InChI=1S/C20H13Cl2N3OS/c1-11-6-7-12-9-13(19(22)24-15(12)8-11)10-23-25-20(26)18-17(21)14-4-2-3-5-16(14)27-18/h2-10H,1H3,(H,25,26). The summed E-state index contributed by atoms with van der Waals surface area (Å²) in [6.45, 7) is 2.00. The number of hydrogen-bond acceptors (Lipinski definition) is 4. The highest BCUT2D eigenvalue weighted by Crippen LogP contribution is 2.34. The third-order valence-corrected chi connectivity index (χ3v) is 6.04. The topological polar surface area (TPSA) is 54.4 Å². The van der Waals surface area contributed by atoms with E-state index in [1.165, 1.54) is 17.6 Å². The molecule has 4 rings (SSSR count). The van der Waals surface area contributed by atoms with Crippen molar-refractivity contribution >= 4 is 67.6 Å². The molecule has 0 aliphatic carbocycles. The van der Waals surface area contributed by atoms with Crippen LogP contribution in [0.1, 0.15) is 20.8 Å². The van der Waals surface area contributed by atoms with Crippen molar-refractivity contribution in [2.45, 2.75) is 6.92 Å². The first-order chi connectivity index (χ1) is 13.0. The Bertz CT molecular complexity index is 1220. The fourth-order valence-corrected chi connectivity index (χ4v) is 4.33. The van der Waals surface area contributed by atoms with Gasteiger partial charge in [-0.25, -0.2) is 10.4 Å². The normalized spacial score (nSPS) is 11.5. The van der Waals surface area contributed by atoms with E-state index in [9.17, 15) is 4.79 Å². The lowest BCUT2D eigenvalue weighted by molar-refractivity contribution is 0.0959. The summed E-state index contributed by atoms with van der Waals surface area (Å²) in [4.78, 5) is 17.2. The molecule has 0 bridgehead atoms. The number of carbonyl (C=O) groups is 1. The van der Waals surface area contributed by atoms with E-state index in [0.29, 0.717) is 20.6 Å². The van der Waals surface area contributed by atoms with E-state index in [1.54, 1.807) is 0 Å². The second-order valence-electron chi connectivity index (χ2n) is 6.01. The maximum Gasteiger partial charge on any atom is 0.283 e. The van der Waals surface area contributed by atoms with E-state index in [2.05, 4.69) is 15.5 Å². The highest BCUT2D eigenvalue weighted by atomic mass is 35.5. The minimum Gasteiger partial charge on any atom is -0.266 e. The fourth-order valence-electron chi connectivity index (χ4n) is 2.73. The molecule has 2 aromatic carbocycles. The molecule has 1 amide bonds. The molecule has 4 aromatic rings. The van der Waals surface area contributed by atoms with Crippen molar-refractivity contribution in [3.05, 3.63) is 74.7 Å². The SMILES string of the molecule is Cc1ccc2cc(C=NNC(=O)c3sc4ccccc4c3Cl)c(Cl)nc2c1. The average Bonchev–Trinajstić information content (AvgIpc) is 2.99. The molecule has 7 heteroatoms. The van der Waals surface area contributed by atoms with Crippen molar-refractivity contribution in [2.24, 2.45) is 5.10 Å². The van der Waals surface area contributed by atoms with Crippen LogP contribution in [0.4, 0.5) is 0 Å². The van der Waals surface area contributed by atoms with Crippen LogP contribution in [0.3, 0.4) is 0 Å². The number of aryl methyl sites for hydroxylation is 1. The zero-order valence-electron chi connectivity index (χ0n) is 14.2. The number of thiophene rings is 1. The Morgan fingerprint density at radius 3 is 2.81 bits per heavy atom. The van der Waals surface area contributed by atoms with Gasteiger partial charge in [-0.3, -0.25) is 4.79 Å². The molecule has 2 heterocycles. The van der Waals surface area contributed by atoms with Crippen molar-refractivity contribution in [3.8, 4) is 0 Å². The molecule has 134 valence electrons. The summed E-state index contributed by atoms with van der Waals surface area (Å²) >= 11 is 13.9. The number of hydrogen-bond donors (Lipinski definition) is 1. The van der Waals surface area contributed by atoms with Gasteiger partial charge in [-0.1, -0.05) is 53.5 Å². The van der Waals surface area contributed by atoms with Crippen LogP contribution in [0.15, 0.2) is 53.6 Å². The summed E-state index contributed by atoms with van der Waals surface area (Å²) in [5.41, 5.74) is 5.05. The average molecular weight is 414 g/mol. The highest BCUT2D eigenvalue weighted by molar-refractivity contribution is 7.21. The van der Waals surface area contributed by atoms with Crippen molar-refractivity contribution in [3.63, 3.8) is 0 Å². The van der Waals surface area contributed by atoms with Crippen molar-refractivity contribution < 1.29 is 4.79 Å². The molecule has 0 spiro atoms. The summed E-state index contributed by atoms with van der Waals surface area (Å²) in [6.07, 6.45) is 1.48. The quantitative estimate of drug-likeness (QED) is 0.261. The highest BCUT2D eigenvalue weighted by Gasteiger charge is 2.16. The minimum atomic E-state index is -0.363. The van der Waals surface area contributed by atoms with Crippen molar-refractivity contribution in [1.82, 2.24) is 10.4 Å². The van der Waals surface area contributed by atoms with Gasteiger partial charge in [0, 0.05) is 21.0 Å². The number of hydrazone groups is 1. The number of rotatable bonds is 3. The van der Waals surface area contributed by atoms with Gasteiger partial charge in [0.05, 0.1) is 16.8 Å². The predicted molar refractivity (Wildman–Crippen MR) is 113 cm³/mol. The molecule has 0 aliphatic rings. The van der Waals surface area contributed by atoms with Gasteiger partial charge in [-0.05, 0) is 30.7 Å². The van der Waals surface area contributed by atoms with Crippen LogP contribution < -0.4 is 5.43 Å². The summed E-state index contributed by atoms with van der Waals surface area (Å²) in [6, 6.07) is 15.4. The molecular weight excluding hydrogens is 401 g/mol. The number of nitrogens with zero attached hydrogens (tertiary/aromatic N) is 2. The van der Waals surface area contributed by atoms with Crippen LogP contribution in [-0.2, 0) is 0 Å². The number of benzene rings is 2. The Hall–Kier alpha value is -2.47. The van der Waals surface area contributed by atoms with Gasteiger partial charge in [-0.2, -0.15) is 5.10 Å². The Morgan fingerprint density at radius 1 is 1.19 bits per heavy atom. The lowest BCUT2D eigenvalue weighted by atomic mass is 10.1. The third kappa shape index (κ3) is 3.54. The first-order valence-corrected chi connectivity index (χ1v) is 9.67. The van der Waals surface area contributed by atoms with Crippen LogP contribution in [0.25, 0.3) is 21.0 Å². The number of aromatic nitrogens is 1. The van der Waals surface area contributed by atoms with Gasteiger partial charge < -0.3 is 0 Å². The summed E-state index contributed by atoms with van der Waals surface area (Å²) in [7, 11) is 0. The third-order valence-electron chi connectivity index (χ3n) is 4.06. The lowest BCUT2D eigenvalue weighted by Gasteiger charge is -2.03. The van der Waals surface area contributed by atoms with Gasteiger partial charge in [0.25, 0.3) is 5.91 Å². The Balaban J connectivity index is 1.57. The van der Waals surface area contributed by atoms with Crippen LogP contribution in [-0.4, -0.2) is 17.1 Å². The van der Waals surface area contributed by atoms with E-state index >= 15 is 0 Å². The second-order valence-corrected chi connectivity index (χ2v) is 7.79. The first-order valence-electron chi connectivity index (χ1n) is 8.10. The van der Waals surface area contributed by atoms with E-state index in [0.717, 1.165) is 26.6 Å². The molecule has 0 unspecified atom stereocenters. The monoisotopic (exact) mass is 413 g/mol. The van der Waals surface area contributed by atoms with Crippen LogP contribution in [0, 0.1) is 6.92 Å². The summed E-state index contributed by atoms with van der Waals surface area (Å²) in [5, 5.41) is 6.58. The number of halogens is 2. The first kappa shape index (κ1) is 17.9. The molecule has 0 radical (unpaired) electrons. The molecule has 4 nitrogen and oxygen atoms in total. The molecule has 2 aromatic heterocycles. The number of pyridine rings is 1. The molecule has 27 heavy (non-hydrogen) atoms. The smallest absolute Gasteiger partial charge is 0.266 e. The van der Waals surface area contributed by atoms with Gasteiger partial charge in [0.2, 0.25) is 0 Å². The maximum atomic E-state index is 12.4. The molecule has 0 aliphatic heterocycles. The van der Waals surface area contributed by atoms with Gasteiger partial charge in [0.1, 0.15) is 10.0 Å². The summed E-state index contributed by atoms with van der Waals surface area (Å²) in [5.74, 6) is -0.363. The zero-order chi connectivity index (χ0) is 19.0. The Morgan fingerprint density at radius 2 is 2.00 bits per heavy atom. The zero-order valence-corrected chi connectivity index (χ0v) is 16.5. The number of fused-ring (bicyclic) bond motifs is 2. The molecule has 0 saturated carbocycles. The van der Waals surface area contributed by atoms with Crippen LogP contribution in [0.5, 0.6) is 0 Å². The Labute approximate surface area is 169 Å².